The molecule has 22 heavy (non-hydrogen) atoms. The molecule has 0 saturated heterocycles. The molecule has 0 unspecified atom stereocenters. The molecule has 1 aromatic carbocycles. The third-order valence-corrected chi connectivity index (χ3v) is 4.10. The van der Waals surface area contributed by atoms with Crippen LogP contribution in [0.3, 0.4) is 0 Å². The summed E-state index contributed by atoms with van der Waals surface area (Å²) in [5, 5.41) is 6.52. The van der Waals surface area contributed by atoms with Gasteiger partial charge in [-0.15, -0.1) is 11.3 Å². The number of furan rings is 1. The van der Waals surface area contributed by atoms with Gasteiger partial charge in [0.15, 0.2) is 0 Å². The van der Waals surface area contributed by atoms with Gasteiger partial charge in [0.2, 0.25) is 4.80 Å². The van der Waals surface area contributed by atoms with Crippen molar-refractivity contribution in [3.8, 4) is 0 Å². The van der Waals surface area contributed by atoms with Crippen LogP contribution in [0.5, 0.6) is 0 Å². The number of hydrogen-bond donors (Lipinski definition) is 0. The lowest BCUT2D eigenvalue weighted by Crippen LogP contribution is -2.11. The van der Waals surface area contributed by atoms with Gasteiger partial charge in [0.25, 0.3) is 0 Å². The second kappa shape index (κ2) is 6.15. The number of thiazole rings is 1. The molecule has 0 aliphatic heterocycles. The van der Waals surface area contributed by atoms with Crippen LogP contribution in [-0.2, 0) is 0 Å². The van der Waals surface area contributed by atoms with Crippen molar-refractivity contribution in [1.82, 2.24) is 4.68 Å². The van der Waals surface area contributed by atoms with E-state index in [1.807, 2.05) is 48.2 Å². The Morgan fingerprint density at radius 3 is 2.50 bits per heavy atom. The van der Waals surface area contributed by atoms with Crippen LogP contribution in [0, 0.1) is 20.8 Å². The van der Waals surface area contributed by atoms with E-state index in [-0.39, 0.29) is 0 Å². The Bertz CT molecular complexity index is 866. The first kappa shape index (κ1) is 14.5. The minimum absolute atomic E-state index is 0.733. The molecule has 4 nitrogen and oxygen atoms in total. The maximum Gasteiger partial charge on any atom is 0.211 e. The second-order valence-corrected chi connectivity index (χ2v) is 5.95. The van der Waals surface area contributed by atoms with Gasteiger partial charge >= 0.3 is 0 Å². The van der Waals surface area contributed by atoms with E-state index in [1.54, 1.807) is 17.6 Å². The molecule has 3 rings (SSSR count). The zero-order valence-corrected chi connectivity index (χ0v) is 13.6. The summed E-state index contributed by atoms with van der Waals surface area (Å²) >= 11 is 1.57. The molecule has 0 radical (unpaired) electrons. The predicted molar refractivity (Wildman–Crippen MR) is 89.9 cm³/mol. The fourth-order valence-electron chi connectivity index (χ4n) is 1.97. The van der Waals surface area contributed by atoms with Crippen LogP contribution in [0.15, 0.2) is 56.3 Å². The van der Waals surface area contributed by atoms with Crippen molar-refractivity contribution >= 4 is 23.2 Å². The molecule has 2 aromatic heterocycles. The van der Waals surface area contributed by atoms with Crippen molar-refractivity contribution in [2.75, 3.05) is 0 Å². The van der Waals surface area contributed by atoms with Gasteiger partial charge in [-0.3, -0.25) is 0 Å². The monoisotopic (exact) mass is 311 g/mol. The minimum Gasteiger partial charge on any atom is -0.460 e. The van der Waals surface area contributed by atoms with Crippen LogP contribution in [0.25, 0.3) is 0 Å². The van der Waals surface area contributed by atoms with Gasteiger partial charge in [-0.1, -0.05) is 17.7 Å². The minimum atomic E-state index is 0.733. The molecule has 0 aliphatic rings. The van der Waals surface area contributed by atoms with Gasteiger partial charge in [0.1, 0.15) is 11.5 Å². The van der Waals surface area contributed by atoms with Gasteiger partial charge in [-0.25, -0.2) is 9.67 Å². The Balaban J connectivity index is 1.97. The first-order valence-corrected chi connectivity index (χ1v) is 7.89. The topological polar surface area (TPSA) is 42.8 Å². The van der Waals surface area contributed by atoms with Crippen molar-refractivity contribution < 1.29 is 4.42 Å². The molecule has 0 bridgehead atoms. The summed E-state index contributed by atoms with van der Waals surface area (Å²) in [6.07, 6.45) is 1.71. The number of aromatic nitrogens is 1. The lowest BCUT2D eigenvalue weighted by molar-refractivity contribution is 0.527. The molecule has 0 aliphatic carbocycles. The molecule has 0 fully saturated rings. The predicted octanol–water partition coefficient (Wildman–Crippen LogP) is 4.18. The third kappa shape index (κ3) is 3.26. The lowest BCUT2D eigenvalue weighted by Gasteiger charge is -1.98. The average Bonchev–Trinajstić information content (AvgIpc) is 3.06. The van der Waals surface area contributed by atoms with Crippen LogP contribution in [-0.4, -0.2) is 10.9 Å². The molecule has 0 amide bonds. The largest absolute Gasteiger partial charge is 0.460 e. The standard InChI is InChI=1S/C17H17N3OS/c1-12-4-7-15(8-5-12)19-17-20(13(2)11-22-17)18-10-16-9-6-14(3)21-16/h4-11H,1-3H3. The molecule has 0 saturated carbocycles. The van der Waals surface area contributed by atoms with Crippen molar-refractivity contribution in [3.05, 3.63) is 69.4 Å². The summed E-state index contributed by atoms with van der Waals surface area (Å²) in [5.74, 6) is 1.61. The van der Waals surface area contributed by atoms with Gasteiger partial charge in [0.05, 0.1) is 17.6 Å². The Kier molecular flexibility index (Phi) is 4.06. The van der Waals surface area contributed by atoms with Gasteiger partial charge < -0.3 is 4.42 Å². The molecule has 112 valence electrons. The first-order chi connectivity index (χ1) is 10.6. The smallest absolute Gasteiger partial charge is 0.211 e. The highest BCUT2D eigenvalue weighted by atomic mass is 32.1. The van der Waals surface area contributed by atoms with Crippen molar-refractivity contribution in [3.63, 3.8) is 0 Å². The Morgan fingerprint density at radius 1 is 1.05 bits per heavy atom. The van der Waals surface area contributed by atoms with E-state index in [9.17, 15) is 0 Å². The van der Waals surface area contributed by atoms with E-state index in [2.05, 4.69) is 29.2 Å². The Labute approximate surface area is 133 Å². The highest BCUT2D eigenvalue weighted by Crippen LogP contribution is 2.12. The second-order valence-electron chi connectivity index (χ2n) is 5.11. The van der Waals surface area contributed by atoms with E-state index in [1.165, 1.54) is 5.56 Å². The number of benzene rings is 1. The molecular weight excluding hydrogens is 294 g/mol. The fourth-order valence-corrected chi connectivity index (χ4v) is 2.79. The van der Waals surface area contributed by atoms with Gasteiger partial charge in [-0.05, 0) is 45.0 Å². The Hall–Kier alpha value is -2.40. The number of nitrogens with zero attached hydrogens (tertiary/aromatic N) is 3. The van der Waals surface area contributed by atoms with Crippen molar-refractivity contribution in [1.29, 1.82) is 0 Å². The van der Waals surface area contributed by atoms with Crippen LogP contribution < -0.4 is 4.80 Å². The zero-order valence-electron chi connectivity index (χ0n) is 12.8. The molecule has 5 heteroatoms. The summed E-state index contributed by atoms with van der Waals surface area (Å²) in [6.45, 7) is 5.99. The number of rotatable bonds is 3. The normalized spacial score (nSPS) is 12.4. The summed E-state index contributed by atoms with van der Waals surface area (Å²) in [7, 11) is 0. The van der Waals surface area contributed by atoms with E-state index >= 15 is 0 Å². The maximum absolute atomic E-state index is 5.50. The summed E-state index contributed by atoms with van der Waals surface area (Å²) in [4.78, 5) is 5.49. The first-order valence-electron chi connectivity index (χ1n) is 7.01. The van der Waals surface area contributed by atoms with Crippen LogP contribution >= 0.6 is 11.3 Å². The quantitative estimate of drug-likeness (QED) is 0.669. The number of aryl methyl sites for hydroxylation is 3. The van der Waals surface area contributed by atoms with E-state index < -0.39 is 0 Å². The van der Waals surface area contributed by atoms with Crippen LogP contribution in [0.4, 0.5) is 5.69 Å². The van der Waals surface area contributed by atoms with E-state index in [4.69, 9.17) is 4.42 Å². The highest BCUT2D eigenvalue weighted by Gasteiger charge is 2.01. The molecule has 0 atom stereocenters. The fraction of sp³-hybridized carbons (Fsp3) is 0.176. The van der Waals surface area contributed by atoms with Gasteiger partial charge in [-0.2, -0.15) is 5.10 Å². The molecule has 0 spiro atoms. The SMILES string of the molecule is Cc1ccc(N=c2scc(C)n2N=Cc2ccc(C)o2)cc1. The summed E-state index contributed by atoms with van der Waals surface area (Å²) in [5.41, 5.74) is 3.18. The molecular formula is C17H17N3OS. The van der Waals surface area contributed by atoms with E-state index in [0.717, 1.165) is 27.7 Å². The molecule has 0 N–H and O–H groups in total. The average molecular weight is 311 g/mol. The highest BCUT2D eigenvalue weighted by molar-refractivity contribution is 7.07. The maximum atomic E-state index is 5.50. The summed E-state index contributed by atoms with van der Waals surface area (Å²) in [6, 6.07) is 11.9. The molecule has 2 heterocycles. The Morgan fingerprint density at radius 2 is 1.82 bits per heavy atom. The van der Waals surface area contributed by atoms with Gasteiger partial charge in [0, 0.05) is 5.38 Å². The number of hydrogen-bond acceptors (Lipinski definition) is 4. The zero-order chi connectivity index (χ0) is 15.5. The third-order valence-electron chi connectivity index (χ3n) is 3.17. The van der Waals surface area contributed by atoms with Crippen molar-refractivity contribution in [2.45, 2.75) is 20.8 Å². The lowest BCUT2D eigenvalue weighted by atomic mass is 10.2. The van der Waals surface area contributed by atoms with Crippen LogP contribution in [0.1, 0.15) is 22.8 Å². The molecule has 3 aromatic rings. The summed E-state index contributed by atoms with van der Waals surface area (Å²) < 4.78 is 7.32. The van der Waals surface area contributed by atoms with Crippen molar-refractivity contribution in [2.24, 2.45) is 10.1 Å². The van der Waals surface area contributed by atoms with E-state index in [0.29, 0.717) is 0 Å². The van der Waals surface area contributed by atoms with Crippen LogP contribution in [0.2, 0.25) is 0 Å².